The third-order valence-corrected chi connectivity index (χ3v) is 3.13. The molecule has 0 aromatic heterocycles. The molecule has 1 atom stereocenters. The molecule has 0 radical (unpaired) electrons. The van der Waals surface area contributed by atoms with Crippen LogP contribution in [0.2, 0.25) is 0 Å². The molecule has 1 fully saturated rings. The van der Waals surface area contributed by atoms with Crippen molar-refractivity contribution in [3.05, 3.63) is 0 Å². The zero-order valence-corrected chi connectivity index (χ0v) is 11.7. The van der Waals surface area contributed by atoms with Gasteiger partial charge >= 0.3 is 0 Å². The summed E-state index contributed by atoms with van der Waals surface area (Å²) < 4.78 is 0. The summed E-state index contributed by atoms with van der Waals surface area (Å²) in [5.74, 6) is 0.892. The molecule has 4 heteroatoms. The SMILES string of the molecule is CC(C)CC1NCC(=O)N1CCCCN(C)C. The first-order valence-corrected chi connectivity index (χ1v) is 6.68. The van der Waals surface area contributed by atoms with Gasteiger partial charge in [-0.2, -0.15) is 0 Å². The van der Waals surface area contributed by atoms with Crippen LogP contribution < -0.4 is 5.32 Å². The van der Waals surface area contributed by atoms with Crippen LogP contribution >= 0.6 is 0 Å². The van der Waals surface area contributed by atoms with Gasteiger partial charge in [0.05, 0.1) is 12.7 Å². The van der Waals surface area contributed by atoms with E-state index >= 15 is 0 Å². The molecule has 0 aromatic carbocycles. The molecule has 0 bridgehead atoms. The van der Waals surface area contributed by atoms with Gasteiger partial charge in [0.25, 0.3) is 0 Å². The van der Waals surface area contributed by atoms with Gasteiger partial charge < -0.3 is 9.80 Å². The van der Waals surface area contributed by atoms with Gasteiger partial charge in [0.2, 0.25) is 5.91 Å². The predicted octanol–water partition coefficient (Wildman–Crippen LogP) is 1.13. The molecule has 100 valence electrons. The second-order valence-corrected chi connectivity index (χ2v) is 5.62. The molecule has 1 unspecified atom stereocenters. The highest BCUT2D eigenvalue weighted by Gasteiger charge is 2.29. The maximum absolute atomic E-state index is 11.7. The standard InChI is InChI=1S/C13H27N3O/c1-11(2)9-12-14-10-13(17)16(12)8-6-5-7-15(3)4/h11-12,14H,5-10H2,1-4H3. The van der Waals surface area contributed by atoms with Gasteiger partial charge in [-0.15, -0.1) is 0 Å². The molecule has 0 spiro atoms. The molecule has 1 heterocycles. The van der Waals surface area contributed by atoms with Crippen molar-refractivity contribution in [2.24, 2.45) is 5.92 Å². The second-order valence-electron chi connectivity index (χ2n) is 5.62. The Morgan fingerprint density at radius 3 is 2.71 bits per heavy atom. The number of hydrogen-bond donors (Lipinski definition) is 1. The Morgan fingerprint density at radius 1 is 1.41 bits per heavy atom. The minimum absolute atomic E-state index is 0.264. The normalized spacial score (nSPS) is 20.9. The summed E-state index contributed by atoms with van der Waals surface area (Å²) in [5, 5.41) is 3.30. The maximum atomic E-state index is 11.7. The lowest BCUT2D eigenvalue weighted by Gasteiger charge is -2.25. The van der Waals surface area contributed by atoms with Crippen molar-refractivity contribution in [3.63, 3.8) is 0 Å². The quantitative estimate of drug-likeness (QED) is 0.679. The van der Waals surface area contributed by atoms with Crippen molar-refractivity contribution in [2.45, 2.75) is 39.3 Å². The van der Waals surface area contributed by atoms with Gasteiger partial charge in [-0.3, -0.25) is 10.1 Å². The monoisotopic (exact) mass is 241 g/mol. The average molecular weight is 241 g/mol. The topological polar surface area (TPSA) is 35.6 Å². The Bertz CT molecular complexity index is 241. The van der Waals surface area contributed by atoms with E-state index in [0.29, 0.717) is 12.5 Å². The third-order valence-electron chi connectivity index (χ3n) is 3.13. The summed E-state index contributed by atoms with van der Waals surface area (Å²) in [6, 6.07) is 0. The molecule has 4 nitrogen and oxygen atoms in total. The fraction of sp³-hybridized carbons (Fsp3) is 0.923. The molecule has 0 saturated carbocycles. The lowest BCUT2D eigenvalue weighted by atomic mass is 10.1. The maximum Gasteiger partial charge on any atom is 0.237 e. The van der Waals surface area contributed by atoms with E-state index in [1.165, 1.54) is 0 Å². The minimum Gasteiger partial charge on any atom is -0.326 e. The number of carbonyl (C=O) groups excluding carboxylic acids is 1. The van der Waals surface area contributed by atoms with Gasteiger partial charge in [-0.1, -0.05) is 13.8 Å². The first kappa shape index (κ1) is 14.5. The molecule has 1 aliphatic rings. The first-order chi connectivity index (χ1) is 8.00. The highest BCUT2D eigenvalue weighted by molar-refractivity contribution is 5.80. The number of rotatable bonds is 7. The molecular weight excluding hydrogens is 214 g/mol. The van der Waals surface area contributed by atoms with Crippen molar-refractivity contribution in [1.29, 1.82) is 0 Å². The van der Waals surface area contributed by atoms with Crippen molar-refractivity contribution >= 4 is 5.91 Å². The molecule has 1 saturated heterocycles. The number of carbonyl (C=O) groups is 1. The number of nitrogens with zero attached hydrogens (tertiary/aromatic N) is 2. The van der Waals surface area contributed by atoms with Crippen LogP contribution in [0, 0.1) is 5.92 Å². The molecule has 1 aliphatic heterocycles. The summed E-state index contributed by atoms with van der Waals surface area (Å²) in [6.45, 7) is 6.93. The van der Waals surface area contributed by atoms with Crippen molar-refractivity contribution in [1.82, 2.24) is 15.1 Å². The van der Waals surface area contributed by atoms with E-state index in [-0.39, 0.29) is 12.1 Å². The van der Waals surface area contributed by atoms with E-state index in [0.717, 1.165) is 32.4 Å². The lowest BCUT2D eigenvalue weighted by Crippen LogP contribution is -2.39. The number of hydrogen-bond acceptors (Lipinski definition) is 3. The summed E-state index contributed by atoms with van der Waals surface area (Å²) in [6.07, 6.45) is 3.58. The van der Waals surface area contributed by atoms with E-state index in [2.05, 4.69) is 38.2 Å². The molecule has 1 rings (SSSR count). The van der Waals surface area contributed by atoms with Crippen LogP contribution in [0.15, 0.2) is 0 Å². The van der Waals surface area contributed by atoms with Gasteiger partial charge in [-0.05, 0) is 45.8 Å². The molecule has 1 N–H and O–H groups in total. The van der Waals surface area contributed by atoms with Crippen LogP contribution in [0.1, 0.15) is 33.1 Å². The average Bonchev–Trinajstić information content (AvgIpc) is 2.54. The van der Waals surface area contributed by atoms with Crippen LogP contribution in [0.5, 0.6) is 0 Å². The Hall–Kier alpha value is -0.610. The van der Waals surface area contributed by atoms with Gasteiger partial charge in [0.15, 0.2) is 0 Å². The number of amides is 1. The van der Waals surface area contributed by atoms with Gasteiger partial charge in [0, 0.05) is 6.54 Å². The van der Waals surface area contributed by atoms with Crippen molar-refractivity contribution in [3.8, 4) is 0 Å². The summed E-state index contributed by atoms with van der Waals surface area (Å²) in [7, 11) is 4.17. The Labute approximate surface area is 105 Å². The van der Waals surface area contributed by atoms with E-state index < -0.39 is 0 Å². The van der Waals surface area contributed by atoms with E-state index in [1.807, 2.05) is 4.90 Å². The highest BCUT2D eigenvalue weighted by Crippen LogP contribution is 2.14. The van der Waals surface area contributed by atoms with Crippen molar-refractivity contribution in [2.75, 3.05) is 33.7 Å². The fourth-order valence-corrected chi connectivity index (χ4v) is 2.24. The van der Waals surface area contributed by atoms with E-state index in [1.54, 1.807) is 0 Å². The summed E-state index contributed by atoms with van der Waals surface area (Å²) in [4.78, 5) is 16.0. The lowest BCUT2D eigenvalue weighted by molar-refractivity contribution is -0.128. The molecule has 1 amide bonds. The highest BCUT2D eigenvalue weighted by atomic mass is 16.2. The largest absolute Gasteiger partial charge is 0.326 e. The summed E-state index contributed by atoms with van der Waals surface area (Å²) in [5.41, 5.74) is 0. The van der Waals surface area contributed by atoms with Crippen LogP contribution in [-0.4, -0.2) is 55.6 Å². The van der Waals surface area contributed by atoms with Crippen LogP contribution in [0.4, 0.5) is 0 Å². The number of unbranched alkanes of at least 4 members (excludes halogenated alkanes) is 1. The van der Waals surface area contributed by atoms with E-state index in [4.69, 9.17) is 0 Å². The van der Waals surface area contributed by atoms with Crippen LogP contribution in [-0.2, 0) is 4.79 Å². The zero-order valence-electron chi connectivity index (χ0n) is 11.7. The third kappa shape index (κ3) is 5.04. The molecule has 17 heavy (non-hydrogen) atoms. The number of nitrogens with one attached hydrogen (secondary N) is 1. The van der Waals surface area contributed by atoms with Gasteiger partial charge in [-0.25, -0.2) is 0 Å². The smallest absolute Gasteiger partial charge is 0.237 e. The predicted molar refractivity (Wildman–Crippen MR) is 70.7 cm³/mol. The fourth-order valence-electron chi connectivity index (χ4n) is 2.24. The second kappa shape index (κ2) is 6.97. The zero-order chi connectivity index (χ0) is 12.8. The molecule has 0 aliphatic carbocycles. The molecular formula is C13H27N3O. The Balaban J connectivity index is 2.30. The van der Waals surface area contributed by atoms with Crippen molar-refractivity contribution < 1.29 is 4.79 Å². The minimum atomic E-state index is 0.264. The van der Waals surface area contributed by atoms with Crippen LogP contribution in [0.3, 0.4) is 0 Å². The Kier molecular flexibility index (Phi) is 5.92. The Morgan fingerprint density at radius 2 is 2.12 bits per heavy atom. The first-order valence-electron chi connectivity index (χ1n) is 6.68. The van der Waals surface area contributed by atoms with Gasteiger partial charge in [0.1, 0.15) is 0 Å². The van der Waals surface area contributed by atoms with Crippen LogP contribution in [0.25, 0.3) is 0 Å². The molecule has 0 aromatic rings. The summed E-state index contributed by atoms with van der Waals surface area (Å²) >= 11 is 0. The van der Waals surface area contributed by atoms with E-state index in [9.17, 15) is 4.79 Å².